The van der Waals surface area contributed by atoms with Gasteiger partial charge in [-0.15, -0.1) is 11.3 Å². The molecule has 3 aromatic rings. The van der Waals surface area contributed by atoms with E-state index in [1.807, 2.05) is 22.9 Å². The Hall–Kier alpha value is -1.99. The van der Waals surface area contributed by atoms with Gasteiger partial charge in [0.1, 0.15) is 5.69 Å². The molecule has 1 aromatic carbocycles. The van der Waals surface area contributed by atoms with Gasteiger partial charge in [0.25, 0.3) is 0 Å². The molecule has 26 heavy (non-hydrogen) atoms. The Kier molecular flexibility index (Phi) is 5.76. The lowest BCUT2D eigenvalue weighted by Gasteiger charge is -2.26. The number of hydrogen-bond acceptors (Lipinski definition) is 5. The lowest BCUT2D eigenvalue weighted by molar-refractivity contribution is 0.0384. The fourth-order valence-electron chi connectivity index (χ4n) is 3.16. The monoisotopic (exact) mass is 368 g/mol. The number of hydrogen-bond donors (Lipinski definition) is 1. The third-order valence-electron chi connectivity index (χ3n) is 4.59. The summed E-state index contributed by atoms with van der Waals surface area (Å²) in [6.45, 7) is 6.64. The summed E-state index contributed by atoms with van der Waals surface area (Å²) < 4.78 is 7.39. The van der Waals surface area contributed by atoms with Gasteiger partial charge in [0.2, 0.25) is 0 Å². The summed E-state index contributed by atoms with van der Waals surface area (Å²) in [5, 5.41) is 10.5. The van der Waals surface area contributed by atoms with E-state index in [4.69, 9.17) is 9.84 Å². The fourth-order valence-corrected chi connectivity index (χ4v) is 3.90. The number of morpholine rings is 1. The molecule has 0 unspecified atom stereocenters. The molecule has 0 atom stereocenters. The molecule has 6 heteroatoms. The molecule has 1 aliphatic rings. The van der Waals surface area contributed by atoms with Crippen molar-refractivity contribution >= 4 is 11.3 Å². The van der Waals surface area contributed by atoms with E-state index in [0.717, 1.165) is 57.3 Å². The summed E-state index contributed by atoms with van der Waals surface area (Å²) in [7, 11) is 0. The molecule has 0 bridgehead atoms. The van der Waals surface area contributed by atoms with E-state index < -0.39 is 0 Å². The lowest BCUT2D eigenvalue weighted by atomic mass is 10.2. The standard InChI is InChI=1S/C20H24N4OS/c1-2-5-18(6-3-1)24-16-17(20(22-24)19-7-4-14-26-19)15-21-8-9-23-10-12-25-13-11-23/h1-7,14,16,21H,8-13,15H2. The molecule has 1 N–H and O–H groups in total. The van der Waals surface area contributed by atoms with E-state index in [0.29, 0.717) is 0 Å². The van der Waals surface area contributed by atoms with Crippen molar-refractivity contribution in [2.45, 2.75) is 6.54 Å². The minimum atomic E-state index is 0.824. The third kappa shape index (κ3) is 4.22. The Balaban J connectivity index is 1.44. The molecule has 5 nitrogen and oxygen atoms in total. The second kappa shape index (κ2) is 8.60. The number of nitrogens with one attached hydrogen (secondary N) is 1. The van der Waals surface area contributed by atoms with Gasteiger partial charge in [0, 0.05) is 44.5 Å². The first kappa shape index (κ1) is 17.4. The molecule has 0 amide bonds. The van der Waals surface area contributed by atoms with Gasteiger partial charge in [-0.1, -0.05) is 24.3 Å². The molecule has 136 valence electrons. The smallest absolute Gasteiger partial charge is 0.107 e. The highest BCUT2D eigenvalue weighted by Gasteiger charge is 2.14. The van der Waals surface area contributed by atoms with Crippen molar-refractivity contribution in [3.63, 3.8) is 0 Å². The van der Waals surface area contributed by atoms with Gasteiger partial charge in [0.05, 0.1) is 23.8 Å². The average molecular weight is 369 g/mol. The van der Waals surface area contributed by atoms with Gasteiger partial charge in [-0.25, -0.2) is 4.68 Å². The second-order valence-electron chi connectivity index (χ2n) is 6.39. The molecular weight excluding hydrogens is 344 g/mol. The average Bonchev–Trinajstić information content (AvgIpc) is 3.36. The van der Waals surface area contributed by atoms with Crippen LogP contribution >= 0.6 is 11.3 Å². The van der Waals surface area contributed by atoms with Crippen molar-refractivity contribution in [2.75, 3.05) is 39.4 Å². The zero-order chi connectivity index (χ0) is 17.6. The van der Waals surface area contributed by atoms with Crippen LogP contribution in [0.5, 0.6) is 0 Å². The third-order valence-corrected chi connectivity index (χ3v) is 5.47. The Morgan fingerprint density at radius 1 is 1.08 bits per heavy atom. The first-order valence-corrected chi connectivity index (χ1v) is 9.97. The summed E-state index contributed by atoms with van der Waals surface area (Å²) in [5.74, 6) is 0. The quantitative estimate of drug-likeness (QED) is 0.651. The molecule has 0 spiro atoms. The number of thiophene rings is 1. The molecule has 4 rings (SSSR count). The summed E-state index contributed by atoms with van der Waals surface area (Å²) >= 11 is 1.73. The highest BCUT2D eigenvalue weighted by atomic mass is 32.1. The van der Waals surface area contributed by atoms with E-state index >= 15 is 0 Å². The number of ether oxygens (including phenoxy) is 1. The fraction of sp³-hybridized carbons (Fsp3) is 0.350. The molecule has 2 aromatic heterocycles. The number of aromatic nitrogens is 2. The van der Waals surface area contributed by atoms with E-state index in [2.05, 4.69) is 46.1 Å². The molecule has 1 fully saturated rings. The highest BCUT2D eigenvalue weighted by Crippen LogP contribution is 2.27. The molecule has 0 radical (unpaired) electrons. The summed E-state index contributed by atoms with van der Waals surface area (Å²) in [4.78, 5) is 3.66. The highest BCUT2D eigenvalue weighted by molar-refractivity contribution is 7.13. The maximum Gasteiger partial charge on any atom is 0.107 e. The van der Waals surface area contributed by atoms with Crippen molar-refractivity contribution in [2.24, 2.45) is 0 Å². The Labute approximate surface area is 158 Å². The zero-order valence-corrected chi connectivity index (χ0v) is 15.6. The molecular formula is C20H24N4OS. The maximum atomic E-state index is 5.41. The lowest BCUT2D eigenvalue weighted by Crippen LogP contribution is -2.40. The van der Waals surface area contributed by atoms with Crippen LogP contribution in [0.4, 0.5) is 0 Å². The van der Waals surface area contributed by atoms with Gasteiger partial charge in [0.15, 0.2) is 0 Å². The van der Waals surface area contributed by atoms with Crippen molar-refractivity contribution in [1.29, 1.82) is 0 Å². The van der Waals surface area contributed by atoms with Gasteiger partial charge in [-0.05, 0) is 23.6 Å². The topological polar surface area (TPSA) is 42.3 Å². The van der Waals surface area contributed by atoms with Gasteiger partial charge in [-0.3, -0.25) is 4.90 Å². The van der Waals surface area contributed by atoms with Crippen molar-refractivity contribution < 1.29 is 4.74 Å². The predicted molar refractivity (Wildman–Crippen MR) is 106 cm³/mol. The van der Waals surface area contributed by atoms with Crippen LogP contribution in [0, 0.1) is 0 Å². The first-order valence-electron chi connectivity index (χ1n) is 9.09. The zero-order valence-electron chi connectivity index (χ0n) is 14.8. The summed E-state index contributed by atoms with van der Waals surface area (Å²) in [6.07, 6.45) is 2.14. The van der Waals surface area contributed by atoms with Crippen LogP contribution < -0.4 is 5.32 Å². The predicted octanol–water partition coefficient (Wildman–Crippen LogP) is 3.02. The van der Waals surface area contributed by atoms with E-state index in [9.17, 15) is 0 Å². The number of nitrogens with zero attached hydrogens (tertiary/aromatic N) is 3. The van der Waals surface area contributed by atoms with Crippen molar-refractivity contribution in [3.05, 3.63) is 59.6 Å². The molecule has 1 aliphatic heterocycles. The van der Waals surface area contributed by atoms with Crippen LogP contribution in [0.2, 0.25) is 0 Å². The summed E-state index contributed by atoms with van der Waals surface area (Å²) in [5.41, 5.74) is 3.39. The van der Waals surface area contributed by atoms with Crippen molar-refractivity contribution in [1.82, 2.24) is 20.0 Å². The maximum absolute atomic E-state index is 5.41. The first-order chi connectivity index (χ1) is 12.9. The molecule has 1 saturated heterocycles. The minimum Gasteiger partial charge on any atom is -0.379 e. The Morgan fingerprint density at radius 2 is 1.92 bits per heavy atom. The SMILES string of the molecule is c1ccc(-n2cc(CNCCN3CCOCC3)c(-c3cccs3)n2)cc1. The van der Waals surface area contributed by atoms with Crippen LogP contribution in [0.3, 0.4) is 0 Å². The number of para-hydroxylation sites is 1. The molecule has 3 heterocycles. The minimum absolute atomic E-state index is 0.824. The van der Waals surface area contributed by atoms with Crippen LogP contribution in [-0.2, 0) is 11.3 Å². The Morgan fingerprint density at radius 3 is 2.69 bits per heavy atom. The van der Waals surface area contributed by atoms with Crippen LogP contribution in [0.1, 0.15) is 5.56 Å². The van der Waals surface area contributed by atoms with Gasteiger partial charge in [-0.2, -0.15) is 5.10 Å². The molecule has 0 saturated carbocycles. The second-order valence-corrected chi connectivity index (χ2v) is 7.34. The van der Waals surface area contributed by atoms with Crippen LogP contribution in [0.15, 0.2) is 54.0 Å². The van der Waals surface area contributed by atoms with E-state index in [-0.39, 0.29) is 0 Å². The normalized spacial score (nSPS) is 15.4. The summed E-state index contributed by atoms with van der Waals surface area (Å²) in [6, 6.07) is 14.5. The van der Waals surface area contributed by atoms with Gasteiger partial charge >= 0.3 is 0 Å². The van der Waals surface area contributed by atoms with E-state index in [1.165, 1.54) is 10.4 Å². The van der Waals surface area contributed by atoms with Crippen LogP contribution in [-0.4, -0.2) is 54.1 Å². The molecule has 0 aliphatic carbocycles. The number of benzene rings is 1. The van der Waals surface area contributed by atoms with E-state index in [1.54, 1.807) is 11.3 Å². The van der Waals surface area contributed by atoms with Gasteiger partial charge < -0.3 is 10.1 Å². The van der Waals surface area contributed by atoms with Crippen LogP contribution in [0.25, 0.3) is 16.3 Å². The largest absolute Gasteiger partial charge is 0.379 e. The number of rotatable bonds is 7. The van der Waals surface area contributed by atoms with Crippen molar-refractivity contribution in [3.8, 4) is 16.3 Å². The Bertz CT molecular complexity index is 795.